The van der Waals surface area contributed by atoms with Gasteiger partial charge in [-0.25, -0.2) is 14.6 Å². The van der Waals surface area contributed by atoms with Crippen molar-refractivity contribution in [3.63, 3.8) is 0 Å². The fourth-order valence-electron chi connectivity index (χ4n) is 4.27. The summed E-state index contributed by atoms with van der Waals surface area (Å²) >= 11 is 0. The standard InChI is InChI=1S/C24H30N4O6/c1-5-18-11-17(8-9-33-18)28(24(30)32-7-3)20-19-10-15(16-13-26-27(4)14-16)12-25-22(19)34-21(20)23(29)31-6-2/h10,12-14,17-18H,5-9,11H2,1-4H3/t17-,18-/m0/s1. The van der Waals surface area contributed by atoms with Crippen molar-refractivity contribution in [2.45, 2.75) is 52.2 Å². The molecule has 1 saturated heterocycles. The number of aromatic nitrogens is 3. The lowest BCUT2D eigenvalue weighted by Gasteiger charge is -2.36. The molecule has 34 heavy (non-hydrogen) atoms. The first-order valence-electron chi connectivity index (χ1n) is 11.6. The van der Waals surface area contributed by atoms with Crippen LogP contribution in [0.3, 0.4) is 0 Å². The fourth-order valence-corrected chi connectivity index (χ4v) is 4.27. The normalized spacial score (nSPS) is 18.1. The molecule has 4 heterocycles. The summed E-state index contributed by atoms with van der Waals surface area (Å²) in [7, 11) is 1.83. The summed E-state index contributed by atoms with van der Waals surface area (Å²) < 4.78 is 24.1. The third kappa shape index (κ3) is 4.63. The molecule has 0 radical (unpaired) electrons. The minimum Gasteiger partial charge on any atom is -0.460 e. The molecular weight excluding hydrogens is 440 g/mol. The molecule has 1 fully saturated rings. The van der Waals surface area contributed by atoms with Gasteiger partial charge in [0, 0.05) is 43.2 Å². The molecule has 3 aromatic heterocycles. The first kappa shape index (κ1) is 23.7. The van der Waals surface area contributed by atoms with E-state index in [4.69, 9.17) is 18.6 Å². The Labute approximate surface area is 197 Å². The van der Waals surface area contributed by atoms with Gasteiger partial charge in [-0.1, -0.05) is 6.92 Å². The van der Waals surface area contributed by atoms with E-state index in [1.165, 1.54) is 4.90 Å². The molecule has 1 amide bonds. The first-order valence-corrected chi connectivity index (χ1v) is 11.6. The van der Waals surface area contributed by atoms with E-state index in [1.54, 1.807) is 30.9 Å². The summed E-state index contributed by atoms with van der Waals surface area (Å²) in [5.74, 6) is -0.730. The van der Waals surface area contributed by atoms with Gasteiger partial charge in [0.05, 0.1) is 30.9 Å². The maximum Gasteiger partial charge on any atom is 0.414 e. The van der Waals surface area contributed by atoms with E-state index >= 15 is 0 Å². The number of esters is 1. The molecule has 0 unspecified atom stereocenters. The molecule has 0 spiro atoms. The summed E-state index contributed by atoms with van der Waals surface area (Å²) in [5.41, 5.74) is 2.17. The fraction of sp³-hybridized carbons (Fsp3) is 0.500. The molecule has 3 aromatic rings. The van der Waals surface area contributed by atoms with Crippen molar-refractivity contribution < 1.29 is 28.2 Å². The molecule has 182 valence electrons. The van der Waals surface area contributed by atoms with Gasteiger partial charge in [-0.2, -0.15) is 5.10 Å². The van der Waals surface area contributed by atoms with Crippen LogP contribution in [-0.2, 0) is 21.3 Å². The Morgan fingerprint density at radius 3 is 2.65 bits per heavy atom. The van der Waals surface area contributed by atoms with Crippen LogP contribution in [0.2, 0.25) is 0 Å². The summed E-state index contributed by atoms with van der Waals surface area (Å²) in [4.78, 5) is 32.2. The van der Waals surface area contributed by atoms with Gasteiger partial charge in [0.2, 0.25) is 11.5 Å². The van der Waals surface area contributed by atoms with Crippen LogP contribution in [0.4, 0.5) is 10.5 Å². The van der Waals surface area contributed by atoms with Crippen LogP contribution >= 0.6 is 0 Å². The molecule has 10 nitrogen and oxygen atoms in total. The second-order valence-corrected chi connectivity index (χ2v) is 8.13. The number of anilines is 1. The first-order chi connectivity index (χ1) is 16.5. The molecule has 0 saturated carbocycles. The van der Waals surface area contributed by atoms with Crippen molar-refractivity contribution in [3.8, 4) is 11.1 Å². The van der Waals surface area contributed by atoms with Crippen LogP contribution in [0.1, 0.15) is 50.6 Å². The Morgan fingerprint density at radius 2 is 1.97 bits per heavy atom. The topological polar surface area (TPSA) is 109 Å². The summed E-state index contributed by atoms with van der Waals surface area (Å²) in [6.07, 6.45) is 6.72. The Bertz CT molecular complexity index is 1170. The summed E-state index contributed by atoms with van der Waals surface area (Å²) in [6.45, 7) is 6.37. The highest BCUT2D eigenvalue weighted by Crippen LogP contribution is 2.39. The lowest BCUT2D eigenvalue weighted by molar-refractivity contribution is 0.00465. The zero-order valence-corrected chi connectivity index (χ0v) is 19.9. The zero-order chi connectivity index (χ0) is 24.2. The van der Waals surface area contributed by atoms with Gasteiger partial charge in [-0.3, -0.25) is 9.58 Å². The number of furan rings is 1. The summed E-state index contributed by atoms with van der Waals surface area (Å²) in [6, 6.07) is 1.61. The van der Waals surface area contributed by atoms with E-state index in [2.05, 4.69) is 10.1 Å². The average Bonchev–Trinajstić information content (AvgIpc) is 3.43. The SMILES string of the molecule is CCOC(=O)c1oc2ncc(-c3cnn(C)c3)cc2c1N(C(=O)OCC)[C@H]1CCO[C@@H](CC)C1. The highest BCUT2D eigenvalue weighted by atomic mass is 16.6. The number of nitrogens with zero attached hydrogens (tertiary/aromatic N) is 4. The van der Waals surface area contributed by atoms with Crippen molar-refractivity contribution in [2.24, 2.45) is 7.05 Å². The smallest absolute Gasteiger partial charge is 0.414 e. The van der Waals surface area contributed by atoms with Gasteiger partial charge >= 0.3 is 12.1 Å². The van der Waals surface area contributed by atoms with Crippen LogP contribution in [0.15, 0.2) is 29.1 Å². The molecule has 0 bridgehead atoms. The molecule has 4 rings (SSSR count). The molecule has 1 aliphatic rings. The quantitative estimate of drug-likeness (QED) is 0.470. The number of fused-ring (bicyclic) bond motifs is 1. The van der Waals surface area contributed by atoms with Gasteiger partial charge < -0.3 is 18.6 Å². The molecule has 0 aliphatic carbocycles. The molecule has 0 aromatic carbocycles. The number of pyridine rings is 1. The van der Waals surface area contributed by atoms with Crippen LogP contribution in [0.5, 0.6) is 0 Å². The monoisotopic (exact) mass is 470 g/mol. The number of carbonyl (C=O) groups excluding carboxylic acids is 2. The summed E-state index contributed by atoms with van der Waals surface area (Å²) in [5, 5.41) is 4.75. The Kier molecular flexibility index (Phi) is 7.16. The molecule has 1 aliphatic heterocycles. The second-order valence-electron chi connectivity index (χ2n) is 8.13. The molecular formula is C24H30N4O6. The van der Waals surface area contributed by atoms with Crippen molar-refractivity contribution in [1.82, 2.24) is 14.8 Å². The van der Waals surface area contributed by atoms with Crippen LogP contribution in [0, 0.1) is 0 Å². The van der Waals surface area contributed by atoms with E-state index in [0.29, 0.717) is 30.5 Å². The van der Waals surface area contributed by atoms with E-state index in [0.717, 1.165) is 17.5 Å². The minimum absolute atomic E-state index is 0.00367. The lowest BCUT2D eigenvalue weighted by atomic mass is 9.99. The van der Waals surface area contributed by atoms with E-state index in [1.807, 2.05) is 26.2 Å². The number of carbonyl (C=O) groups is 2. The van der Waals surface area contributed by atoms with Gasteiger partial charge in [-0.15, -0.1) is 0 Å². The van der Waals surface area contributed by atoms with Crippen molar-refractivity contribution in [2.75, 3.05) is 24.7 Å². The van der Waals surface area contributed by atoms with Gasteiger partial charge in [-0.05, 0) is 39.2 Å². The lowest BCUT2D eigenvalue weighted by Crippen LogP contribution is -2.46. The largest absolute Gasteiger partial charge is 0.460 e. The Morgan fingerprint density at radius 1 is 1.18 bits per heavy atom. The Balaban J connectivity index is 1.90. The predicted molar refractivity (Wildman–Crippen MR) is 125 cm³/mol. The third-order valence-electron chi connectivity index (χ3n) is 5.88. The highest BCUT2D eigenvalue weighted by Gasteiger charge is 2.38. The van der Waals surface area contributed by atoms with Crippen LogP contribution in [0.25, 0.3) is 22.2 Å². The number of amides is 1. The molecule has 0 N–H and O–H groups in total. The van der Waals surface area contributed by atoms with Gasteiger partial charge in [0.15, 0.2) is 0 Å². The van der Waals surface area contributed by atoms with Crippen LogP contribution in [-0.4, -0.2) is 58.8 Å². The minimum atomic E-state index is -0.660. The number of rotatable bonds is 7. The van der Waals surface area contributed by atoms with Crippen molar-refractivity contribution in [1.29, 1.82) is 0 Å². The third-order valence-corrected chi connectivity index (χ3v) is 5.88. The highest BCUT2D eigenvalue weighted by molar-refractivity contribution is 6.09. The van der Waals surface area contributed by atoms with E-state index < -0.39 is 12.1 Å². The second kappa shape index (κ2) is 10.3. The number of aryl methyl sites for hydroxylation is 1. The van der Waals surface area contributed by atoms with Crippen molar-refractivity contribution in [3.05, 3.63) is 30.4 Å². The maximum absolute atomic E-state index is 13.3. The Hall–Kier alpha value is -3.40. The predicted octanol–water partition coefficient (Wildman–Crippen LogP) is 4.33. The van der Waals surface area contributed by atoms with Gasteiger partial charge in [0.25, 0.3) is 0 Å². The number of hydrogen-bond donors (Lipinski definition) is 0. The van der Waals surface area contributed by atoms with Crippen molar-refractivity contribution >= 4 is 28.8 Å². The zero-order valence-electron chi connectivity index (χ0n) is 19.9. The number of hydrogen-bond acceptors (Lipinski definition) is 8. The average molecular weight is 471 g/mol. The maximum atomic E-state index is 13.3. The van der Waals surface area contributed by atoms with E-state index in [9.17, 15) is 9.59 Å². The van der Waals surface area contributed by atoms with Gasteiger partial charge in [0.1, 0.15) is 5.69 Å². The molecule has 2 atom stereocenters. The number of ether oxygens (including phenoxy) is 3. The van der Waals surface area contributed by atoms with Crippen LogP contribution < -0.4 is 4.90 Å². The molecule has 10 heteroatoms. The van der Waals surface area contributed by atoms with E-state index in [-0.39, 0.29) is 36.8 Å².